The Labute approximate surface area is 147 Å². The molecule has 1 aliphatic heterocycles. The zero-order valence-electron chi connectivity index (χ0n) is 14.7. The summed E-state index contributed by atoms with van der Waals surface area (Å²) in [7, 11) is 3.44. The number of pyridine rings is 1. The van der Waals surface area contributed by atoms with Gasteiger partial charge in [-0.15, -0.1) is 0 Å². The van der Waals surface area contributed by atoms with Crippen LogP contribution in [0, 0.1) is 0 Å². The minimum absolute atomic E-state index is 0.628. The smallest absolute Gasteiger partial charge is 0.218 e. The van der Waals surface area contributed by atoms with Crippen LogP contribution >= 0.6 is 0 Å². The fourth-order valence-electron chi connectivity index (χ4n) is 2.92. The molecule has 134 valence electrons. The molecule has 0 aromatic carbocycles. The summed E-state index contributed by atoms with van der Waals surface area (Å²) in [6, 6.07) is 5.82. The van der Waals surface area contributed by atoms with Crippen molar-refractivity contribution in [2.24, 2.45) is 4.99 Å². The minimum atomic E-state index is 0.628. The summed E-state index contributed by atoms with van der Waals surface area (Å²) in [5.41, 5.74) is 1.98. The Morgan fingerprint density at radius 2 is 2.16 bits per heavy atom. The standard InChI is InChI=1S/C17H24N6O2/c1-18-17(20-12-14-4-3-6-19-16(14)24-2)23-9-7-22(8-10-23)13-15-5-11-25-21-15/h3-6,11H,7-10,12-13H2,1-2H3,(H,18,20). The molecule has 8 nitrogen and oxygen atoms in total. The van der Waals surface area contributed by atoms with Crippen LogP contribution in [-0.4, -0.2) is 66.2 Å². The lowest BCUT2D eigenvalue weighted by atomic mass is 10.2. The van der Waals surface area contributed by atoms with Gasteiger partial charge in [0.1, 0.15) is 6.26 Å². The van der Waals surface area contributed by atoms with E-state index in [2.05, 4.69) is 30.2 Å². The Bertz CT molecular complexity index is 680. The molecule has 2 aromatic rings. The van der Waals surface area contributed by atoms with Gasteiger partial charge >= 0.3 is 0 Å². The molecule has 8 heteroatoms. The first-order valence-corrected chi connectivity index (χ1v) is 8.35. The highest BCUT2D eigenvalue weighted by Crippen LogP contribution is 2.13. The van der Waals surface area contributed by atoms with E-state index in [9.17, 15) is 0 Å². The van der Waals surface area contributed by atoms with Crippen LogP contribution in [0.4, 0.5) is 0 Å². The first kappa shape index (κ1) is 17.2. The second-order valence-electron chi connectivity index (χ2n) is 5.83. The molecule has 3 heterocycles. The van der Waals surface area contributed by atoms with Crippen LogP contribution in [0.2, 0.25) is 0 Å². The number of aliphatic imine (C=N–C) groups is 1. The Balaban J connectivity index is 1.51. The predicted molar refractivity (Wildman–Crippen MR) is 94.3 cm³/mol. The molecule has 0 spiro atoms. The predicted octanol–water partition coefficient (Wildman–Crippen LogP) is 0.971. The molecule has 0 unspecified atom stereocenters. The number of nitrogens with one attached hydrogen (secondary N) is 1. The Morgan fingerprint density at radius 1 is 1.32 bits per heavy atom. The molecular formula is C17H24N6O2. The van der Waals surface area contributed by atoms with E-state index < -0.39 is 0 Å². The van der Waals surface area contributed by atoms with Gasteiger partial charge in [0.05, 0.1) is 12.8 Å². The summed E-state index contributed by atoms with van der Waals surface area (Å²) in [5.74, 6) is 1.54. The normalized spacial score (nSPS) is 16.1. The van der Waals surface area contributed by atoms with Crippen molar-refractivity contribution in [3.8, 4) is 5.88 Å². The summed E-state index contributed by atoms with van der Waals surface area (Å²) in [5, 5.41) is 7.38. The van der Waals surface area contributed by atoms with Crippen molar-refractivity contribution in [2.75, 3.05) is 40.3 Å². The first-order valence-electron chi connectivity index (χ1n) is 8.35. The third kappa shape index (κ3) is 4.48. The third-order valence-corrected chi connectivity index (χ3v) is 4.24. The van der Waals surface area contributed by atoms with E-state index >= 15 is 0 Å². The highest BCUT2D eigenvalue weighted by Gasteiger charge is 2.20. The minimum Gasteiger partial charge on any atom is -0.481 e. The summed E-state index contributed by atoms with van der Waals surface area (Å²) >= 11 is 0. The van der Waals surface area contributed by atoms with E-state index in [0.717, 1.165) is 49.9 Å². The molecule has 25 heavy (non-hydrogen) atoms. The van der Waals surface area contributed by atoms with Gasteiger partial charge in [-0.2, -0.15) is 0 Å². The van der Waals surface area contributed by atoms with Crippen LogP contribution in [0.25, 0.3) is 0 Å². The quantitative estimate of drug-likeness (QED) is 0.639. The third-order valence-electron chi connectivity index (χ3n) is 4.24. The van der Waals surface area contributed by atoms with Crippen molar-refractivity contribution in [2.45, 2.75) is 13.1 Å². The van der Waals surface area contributed by atoms with Gasteiger partial charge in [0.2, 0.25) is 5.88 Å². The number of rotatable bonds is 5. The fourth-order valence-corrected chi connectivity index (χ4v) is 2.92. The second-order valence-corrected chi connectivity index (χ2v) is 5.83. The molecule has 2 aromatic heterocycles. The van der Waals surface area contributed by atoms with Crippen molar-refractivity contribution in [3.05, 3.63) is 41.9 Å². The van der Waals surface area contributed by atoms with E-state index in [1.54, 1.807) is 19.6 Å². The van der Waals surface area contributed by atoms with Crippen LogP contribution in [0.15, 0.2) is 40.2 Å². The van der Waals surface area contributed by atoms with Crippen LogP contribution in [-0.2, 0) is 13.1 Å². The molecular weight excluding hydrogens is 320 g/mol. The van der Waals surface area contributed by atoms with Gasteiger partial charge in [0.15, 0.2) is 5.96 Å². The number of ether oxygens (including phenoxy) is 1. The largest absolute Gasteiger partial charge is 0.481 e. The molecule has 0 atom stereocenters. The van der Waals surface area contributed by atoms with E-state index in [4.69, 9.17) is 9.26 Å². The Hall–Kier alpha value is -2.61. The van der Waals surface area contributed by atoms with Crippen LogP contribution in [0.3, 0.4) is 0 Å². The van der Waals surface area contributed by atoms with E-state index in [0.29, 0.717) is 12.4 Å². The number of aromatic nitrogens is 2. The van der Waals surface area contributed by atoms with Crippen molar-refractivity contribution in [1.82, 2.24) is 25.3 Å². The van der Waals surface area contributed by atoms with Crippen LogP contribution < -0.4 is 10.1 Å². The van der Waals surface area contributed by atoms with Gasteiger partial charge in [0.25, 0.3) is 0 Å². The van der Waals surface area contributed by atoms with E-state index in [1.807, 2.05) is 25.2 Å². The molecule has 0 amide bonds. The molecule has 0 radical (unpaired) electrons. The number of nitrogens with zero attached hydrogens (tertiary/aromatic N) is 5. The number of methoxy groups -OCH3 is 1. The van der Waals surface area contributed by atoms with Gasteiger partial charge in [-0.3, -0.25) is 9.89 Å². The monoisotopic (exact) mass is 344 g/mol. The van der Waals surface area contributed by atoms with Crippen LogP contribution in [0.5, 0.6) is 5.88 Å². The van der Waals surface area contributed by atoms with E-state index in [1.165, 1.54) is 0 Å². The maximum Gasteiger partial charge on any atom is 0.218 e. The first-order chi connectivity index (χ1) is 12.3. The molecule has 0 aliphatic carbocycles. The number of hydrogen-bond acceptors (Lipinski definition) is 6. The average molecular weight is 344 g/mol. The van der Waals surface area contributed by atoms with Crippen molar-refractivity contribution < 1.29 is 9.26 Å². The summed E-state index contributed by atoms with van der Waals surface area (Å²) in [6.07, 6.45) is 3.34. The highest BCUT2D eigenvalue weighted by atomic mass is 16.5. The van der Waals surface area contributed by atoms with Crippen molar-refractivity contribution in [3.63, 3.8) is 0 Å². The van der Waals surface area contributed by atoms with Crippen molar-refractivity contribution >= 4 is 5.96 Å². The van der Waals surface area contributed by atoms with Gasteiger partial charge in [0, 0.05) is 64.1 Å². The molecule has 1 aliphatic rings. The summed E-state index contributed by atoms with van der Waals surface area (Å²) < 4.78 is 10.2. The Kier molecular flexibility index (Phi) is 5.84. The van der Waals surface area contributed by atoms with Crippen LogP contribution in [0.1, 0.15) is 11.3 Å². The Morgan fingerprint density at radius 3 is 2.84 bits per heavy atom. The topological polar surface area (TPSA) is 79.0 Å². The zero-order chi connectivity index (χ0) is 17.5. The number of piperazine rings is 1. The fraction of sp³-hybridized carbons (Fsp3) is 0.471. The van der Waals surface area contributed by atoms with E-state index in [-0.39, 0.29) is 0 Å². The lowest BCUT2D eigenvalue weighted by Gasteiger charge is -2.36. The number of hydrogen-bond donors (Lipinski definition) is 1. The van der Waals surface area contributed by atoms with Gasteiger partial charge in [-0.05, 0) is 6.07 Å². The molecule has 3 rings (SSSR count). The molecule has 1 saturated heterocycles. The zero-order valence-corrected chi connectivity index (χ0v) is 14.7. The second kappa shape index (κ2) is 8.48. The lowest BCUT2D eigenvalue weighted by molar-refractivity contribution is 0.169. The molecule has 0 saturated carbocycles. The maximum absolute atomic E-state index is 5.30. The van der Waals surface area contributed by atoms with Gasteiger partial charge in [-0.25, -0.2) is 4.98 Å². The molecule has 1 fully saturated rings. The highest BCUT2D eigenvalue weighted by molar-refractivity contribution is 5.80. The van der Waals surface area contributed by atoms with Crippen molar-refractivity contribution in [1.29, 1.82) is 0 Å². The average Bonchev–Trinajstić information content (AvgIpc) is 3.17. The number of guanidine groups is 1. The molecule has 0 bridgehead atoms. The molecule has 1 N–H and O–H groups in total. The van der Waals surface area contributed by atoms with Gasteiger partial charge in [-0.1, -0.05) is 11.2 Å². The lowest BCUT2D eigenvalue weighted by Crippen LogP contribution is -2.52. The SMILES string of the molecule is CN=C(NCc1cccnc1OC)N1CCN(Cc2ccon2)CC1. The maximum atomic E-state index is 5.30. The summed E-state index contributed by atoms with van der Waals surface area (Å²) in [6.45, 7) is 5.21. The van der Waals surface area contributed by atoms with Gasteiger partial charge < -0.3 is 19.5 Å². The summed E-state index contributed by atoms with van der Waals surface area (Å²) in [4.78, 5) is 13.3.